The Labute approximate surface area is 115 Å². The quantitative estimate of drug-likeness (QED) is 0.791. The van der Waals surface area contributed by atoms with E-state index >= 15 is 0 Å². The van der Waals surface area contributed by atoms with Crippen molar-refractivity contribution >= 4 is 11.9 Å². The summed E-state index contributed by atoms with van der Waals surface area (Å²) >= 11 is 0. The van der Waals surface area contributed by atoms with Crippen molar-refractivity contribution in [1.82, 2.24) is 10.2 Å². The van der Waals surface area contributed by atoms with Gasteiger partial charge in [-0.2, -0.15) is 0 Å². The van der Waals surface area contributed by atoms with Crippen molar-refractivity contribution in [3.8, 4) is 0 Å². The van der Waals surface area contributed by atoms with Crippen molar-refractivity contribution in [3.05, 3.63) is 0 Å². The SMILES string of the molecule is CCN(C(=O)C1(C(C)C)CCNC1)C(C)(C)C(=O)O. The number of likely N-dealkylation sites (N-methyl/N-ethyl adjacent to an activating group) is 1. The minimum absolute atomic E-state index is 0.0394. The lowest BCUT2D eigenvalue weighted by molar-refractivity contribution is -0.162. The third-order valence-electron chi connectivity index (χ3n) is 4.48. The normalized spacial score (nSPS) is 23.7. The molecule has 1 fully saturated rings. The van der Waals surface area contributed by atoms with Crippen LogP contribution in [0.25, 0.3) is 0 Å². The Balaban J connectivity index is 3.11. The molecule has 0 bridgehead atoms. The molecule has 0 aromatic heterocycles. The van der Waals surface area contributed by atoms with Gasteiger partial charge >= 0.3 is 5.97 Å². The number of hydrogen-bond acceptors (Lipinski definition) is 3. The Bertz CT molecular complexity index is 358. The highest BCUT2D eigenvalue weighted by molar-refractivity contribution is 5.90. The second-order valence-corrected chi connectivity index (χ2v) is 6.15. The van der Waals surface area contributed by atoms with Crippen LogP contribution >= 0.6 is 0 Å². The fraction of sp³-hybridized carbons (Fsp3) is 0.857. The van der Waals surface area contributed by atoms with E-state index in [0.29, 0.717) is 13.1 Å². The van der Waals surface area contributed by atoms with E-state index < -0.39 is 16.9 Å². The van der Waals surface area contributed by atoms with Crippen LogP contribution < -0.4 is 5.32 Å². The van der Waals surface area contributed by atoms with Gasteiger partial charge in [-0.15, -0.1) is 0 Å². The number of carbonyl (C=O) groups is 2. The molecule has 1 unspecified atom stereocenters. The van der Waals surface area contributed by atoms with Gasteiger partial charge in [-0.3, -0.25) is 4.79 Å². The molecule has 0 aromatic carbocycles. The molecule has 0 radical (unpaired) electrons. The van der Waals surface area contributed by atoms with Gasteiger partial charge in [-0.05, 0) is 39.7 Å². The van der Waals surface area contributed by atoms with Gasteiger partial charge in [0.05, 0.1) is 5.41 Å². The largest absolute Gasteiger partial charge is 0.480 e. The third kappa shape index (κ3) is 2.61. The van der Waals surface area contributed by atoms with E-state index in [4.69, 9.17) is 0 Å². The van der Waals surface area contributed by atoms with Crippen molar-refractivity contribution in [2.75, 3.05) is 19.6 Å². The summed E-state index contributed by atoms with van der Waals surface area (Å²) in [7, 11) is 0. The first-order valence-corrected chi connectivity index (χ1v) is 6.96. The van der Waals surface area contributed by atoms with E-state index in [9.17, 15) is 14.7 Å². The predicted molar refractivity (Wildman–Crippen MR) is 73.9 cm³/mol. The second-order valence-electron chi connectivity index (χ2n) is 6.15. The lowest BCUT2D eigenvalue weighted by Gasteiger charge is -2.42. The van der Waals surface area contributed by atoms with Crippen molar-refractivity contribution in [2.24, 2.45) is 11.3 Å². The van der Waals surface area contributed by atoms with Crippen LogP contribution in [0.15, 0.2) is 0 Å². The molecule has 110 valence electrons. The van der Waals surface area contributed by atoms with Gasteiger partial charge in [0, 0.05) is 13.1 Å². The highest BCUT2D eigenvalue weighted by Crippen LogP contribution is 2.37. The molecule has 1 aliphatic heterocycles. The minimum Gasteiger partial charge on any atom is -0.480 e. The summed E-state index contributed by atoms with van der Waals surface area (Å²) in [4.78, 5) is 25.8. The van der Waals surface area contributed by atoms with Crippen LogP contribution in [0.1, 0.15) is 41.0 Å². The predicted octanol–water partition coefficient (Wildman–Crippen LogP) is 1.33. The standard InChI is InChI=1S/C14H26N2O3/c1-6-16(13(4,5)12(18)19)11(17)14(10(2)3)7-8-15-9-14/h10,15H,6-9H2,1-5H3,(H,18,19). The number of aliphatic carboxylic acids is 1. The molecule has 2 N–H and O–H groups in total. The van der Waals surface area contributed by atoms with Crippen LogP contribution in [0.3, 0.4) is 0 Å². The maximum absolute atomic E-state index is 12.9. The zero-order valence-electron chi connectivity index (χ0n) is 12.6. The highest BCUT2D eigenvalue weighted by atomic mass is 16.4. The summed E-state index contributed by atoms with van der Waals surface area (Å²) in [5, 5.41) is 12.6. The molecule has 0 saturated carbocycles. The van der Waals surface area contributed by atoms with Gasteiger partial charge in [-0.25, -0.2) is 4.79 Å². The first kappa shape index (κ1) is 16.0. The molecule has 1 atom stereocenters. The van der Waals surface area contributed by atoms with Gasteiger partial charge in [-0.1, -0.05) is 13.8 Å². The lowest BCUT2D eigenvalue weighted by Crippen LogP contribution is -2.58. The molecule has 1 heterocycles. The Kier molecular flexibility index (Phi) is 4.61. The van der Waals surface area contributed by atoms with Gasteiger partial charge < -0.3 is 15.3 Å². The zero-order chi connectivity index (χ0) is 14.8. The summed E-state index contributed by atoms with van der Waals surface area (Å²) in [5.74, 6) is -0.816. The first-order valence-electron chi connectivity index (χ1n) is 6.96. The highest BCUT2D eigenvalue weighted by Gasteiger charge is 2.50. The molecular weight excluding hydrogens is 244 g/mol. The Morgan fingerprint density at radius 3 is 2.32 bits per heavy atom. The molecule has 1 amide bonds. The van der Waals surface area contributed by atoms with Crippen LogP contribution in [0.2, 0.25) is 0 Å². The number of nitrogens with one attached hydrogen (secondary N) is 1. The van der Waals surface area contributed by atoms with Crippen molar-refractivity contribution in [3.63, 3.8) is 0 Å². The van der Waals surface area contributed by atoms with Crippen LogP contribution in [0, 0.1) is 11.3 Å². The molecule has 0 spiro atoms. The fourth-order valence-electron chi connectivity index (χ4n) is 2.81. The molecule has 19 heavy (non-hydrogen) atoms. The second kappa shape index (κ2) is 5.49. The smallest absolute Gasteiger partial charge is 0.329 e. The van der Waals surface area contributed by atoms with E-state index in [1.807, 2.05) is 20.8 Å². The molecule has 0 aliphatic carbocycles. The monoisotopic (exact) mass is 270 g/mol. The Morgan fingerprint density at radius 2 is 2.00 bits per heavy atom. The molecule has 5 nitrogen and oxygen atoms in total. The van der Waals surface area contributed by atoms with E-state index in [1.54, 1.807) is 13.8 Å². The summed E-state index contributed by atoms with van der Waals surface area (Å²) in [6.07, 6.45) is 0.774. The van der Waals surface area contributed by atoms with Crippen LogP contribution in [-0.4, -0.2) is 47.1 Å². The number of amides is 1. The number of hydrogen-bond donors (Lipinski definition) is 2. The average molecular weight is 270 g/mol. The van der Waals surface area contributed by atoms with E-state index in [-0.39, 0.29) is 11.8 Å². The number of carboxylic acid groups (broad SMARTS) is 1. The minimum atomic E-state index is -1.17. The summed E-state index contributed by atoms with van der Waals surface area (Å²) in [6, 6.07) is 0. The number of rotatable bonds is 5. The van der Waals surface area contributed by atoms with Gasteiger partial charge in [0.1, 0.15) is 5.54 Å². The summed E-state index contributed by atoms with van der Waals surface area (Å²) < 4.78 is 0. The van der Waals surface area contributed by atoms with E-state index in [0.717, 1.165) is 13.0 Å². The van der Waals surface area contributed by atoms with Crippen molar-refractivity contribution in [2.45, 2.75) is 46.6 Å². The Hall–Kier alpha value is -1.10. The molecule has 1 aliphatic rings. The lowest BCUT2D eigenvalue weighted by atomic mass is 9.74. The van der Waals surface area contributed by atoms with Crippen LogP contribution in [0.5, 0.6) is 0 Å². The zero-order valence-corrected chi connectivity index (χ0v) is 12.6. The fourth-order valence-corrected chi connectivity index (χ4v) is 2.81. The first-order chi connectivity index (χ1) is 8.70. The summed E-state index contributed by atoms with van der Waals surface area (Å²) in [5.41, 5.74) is -1.64. The average Bonchev–Trinajstić information content (AvgIpc) is 2.79. The van der Waals surface area contributed by atoms with Gasteiger partial charge in [0.2, 0.25) is 5.91 Å². The van der Waals surface area contributed by atoms with Gasteiger partial charge in [0.25, 0.3) is 0 Å². The van der Waals surface area contributed by atoms with E-state index in [2.05, 4.69) is 5.32 Å². The molecule has 5 heteroatoms. The molecule has 1 saturated heterocycles. The van der Waals surface area contributed by atoms with Gasteiger partial charge in [0.15, 0.2) is 0 Å². The number of carboxylic acids is 1. The van der Waals surface area contributed by atoms with E-state index in [1.165, 1.54) is 4.90 Å². The third-order valence-corrected chi connectivity index (χ3v) is 4.48. The Morgan fingerprint density at radius 1 is 1.42 bits per heavy atom. The molecule has 1 rings (SSSR count). The topological polar surface area (TPSA) is 69.6 Å². The van der Waals surface area contributed by atoms with Crippen LogP contribution in [0.4, 0.5) is 0 Å². The van der Waals surface area contributed by atoms with Crippen molar-refractivity contribution < 1.29 is 14.7 Å². The maximum Gasteiger partial charge on any atom is 0.329 e. The van der Waals surface area contributed by atoms with Crippen molar-refractivity contribution in [1.29, 1.82) is 0 Å². The molecular formula is C14H26N2O3. The number of carbonyl (C=O) groups excluding carboxylic acids is 1. The maximum atomic E-state index is 12.9. The summed E-state index contributed by atoms with van der Waals surface area (Å²) in [6.45, 7) is 10.9. The molecule has 0 aromatic rings. The number of nitrogens with zero attached hydrogens (tertiary/aromatic N) is 1. The van der Waals surface area contributed by atoms with Crippen LogP contribution in [-0.2, 0) is 9.59 Å².